The standard InChI is InChI=1S/C26H34N4O2S/c1-6-29(7-2)12-13-30(26(33)28-22-10-8-9-11-24(22)32-5)17-21-16-20-14-18(3)19(4)15-23(20)27-25(21)31/h8-11,14-16H,6-7,12-13,17H2,1-5H3,(H,27,31)(H,28,33). The van der Waals surface area contributed by atoms with Crippen LogP contribution in [0.4, 0.5) is 5.69 Å². The van der Waals surface area contributed by atoms with Gasteiger partial charge in [0.15, 0.2) is 5.11 Å². The molecule has 0 spiro atoms. The van der Waals surface area contributed by atoms with Crippen molar-refractivity contribution < 1.29 is 4.74 Å². The largest absolute Gasteiger partial charge is 0.495 e. The fraction of sp³-hybridized carbons (Fsp3) is 0.385. The Morgan fingerprint density at radius 1 is 1.06 bits per heavy atom. The molecule has 0 unspecified atom stereocenters. The summed E-state index contributed by atoms with van der Waals surface area (Å²) in [4.78, 5) is 20.4. The van der Waals surface area contributed by atoms with Gasteiger partial charge in [0.25, 0.3) is 5.56 Å². The maximum Gasteiger partial charge on any atom is 0.253 e. The molecule has 6 nitrogen and oxygen atoms in total. The van der Waals surface area contributed by atoms with E-state index in [2.05, 4.69) is 53.9 Å². The van der Waals surface area contributed by atoms with Crippen LogP contribution in [0.25, 0.3) is 10.9 Å². The normalized spacial score (nSPS) is 11.1. The highest BCUT2D eigenvalue weighted by Gasteiger charge is 2.16. The summed E-state index contributed by atoms with van der Waals surface area (Å²) in [6.45, 7) is 12.3. The Labute approximate surface area is 201 Å². The van der Waals surface area contributed by atoms with Gasteiger partial charge in [-0.15, -0.1) is 0 Å². The molecule has 0 amide bonds. The van der Waals surface area contributed by atoms with Crippen LogP contribution in [0.5, 0.6) is 5.75 Å². The number of para-hydroxylation sites is 2. The number of likely N-dealkylation sites (N-methyl/N-ethyl adjacent to an activating group) is 1. The van der Waals surface area contributed by atoms with E-state index in [1.54, 1.807) is 7.11 Å². The number of rotatable bonds is 9. The quantitative estimate of drug-likeness (QED) is 0.446. The number of aryl methyl sites for hydroxylation is 2. The maximum atomic E-state index is 12.9. The van der Waals surface area contributed by atoms with Crippen molar-refractivity contribution in [2.45, 2.75) is 34.2 Å². The lowest BCUT2D eigenvalue weighted by Gasteiger charge is -2.29. The van der Waals surface area contributed by atoms with E-state index in [1.165, 1.54) is 5.56 Å². The van der Waals surface area contributed by atoms with Crippen molar-refractivity contribution in [3.63, 3.8) is 0 Å². The number of nitrogens with zero attached hydrogens (tertiary/aromatic N) is 2. The third-order valence-electron chi connectivity index (χ3n) is 6.11. The van der Waals surface area contributed by atoms with Crippen molar-refractivity contribution in [2.24, 2.45) is 0 Å². The van der Waals surface area contributed by atoms with Gasteiger partial charge in [-0.3, -0.25) is 4.79 Å². The van der Waals surface area contributed by atoms with E-state index in [4.69, 9.17) is 17.0 Å². The first-order chi connectivity index (χ1) is 15.9. The van der Waals surface area contributed by atoms with Crippen molar-refractivity contribution >= 4 is 33.9 Å². The Morgan fingerprint density at radius 2 is 1.76 bits per heavy atom. The molecule has 2 N–H and O–H groups in total. The summed E-state index contributed by atoms with van der Waals surface area (Å²) < 4.78 is 5.46. The first kappa shape index (κ1) is 24.7. The second-order valence-electron chi connectivity index (χ2n) is 8.23. The molecule has 3 aromatic rings. The van der Waals surface area contributed by atoms with Crippen LogP contribution in [-0.4, -0.2) is 53.2 Å². The summed E-state index contributed by atoms with van der Waals surface area (Å²) in [5, 5.41) is 4.91. The Kier molecular flexibility index (Phi) is 8.47. The number of pyridine rings is 1. The lowest BCUT2D eigenvalue weighted by molar-refractivity contribution is 0.266. The minimum Gasteiger partial charge on any atom is -0.495 e. The van der Waals surface area contributed by atoms with Crippen LogP contribution in [0.2, 0.25) is 0 Å². The second kappa shape index (κ2) is 11.3. The van der Waals surface area contributed by atoms with Crippen molar-refractivity contribution in [1.82, 2.24) is 14.8 Å². The molecule has 3 rings (SSSR count). The summed E-state index contributed by atoms with van der Waals surface area (Å²) in [5.41, 5.74) is 4.63. The fourth-order valence-electron chi connectivity index (χ4n) is 3.84. The Bertz CT molecular complexity index is 1170. The van der Waals surface area contributed by atoms with E-state index in [0.717, 1.165) is 47.5 Å². The van der Waals surface area contributed by atoms with Gasteiger partial charge in [-0.1, -0.05) is 26.0 Å². The van der Waals surface area contributed by atoms with E-state index < -0.39 is 0 Å². The van der Waals surface area contributed by atoms with Crippen molar-refractivity contribution in [1.29, 1.82) is 0 Å². The molecule has 33 heavy (non-hydrogen) atoms. The lowest BCUT2D eigenvalue weighted by Crippen LogP contribution is -2.41. The highest BCUT2D eigenvalue weighted by Crippen LogP contribution is 2.24. The number of nitrogens with one attached hydrogen (secondary N) is 2. The van der Waals surface area contributed by atoms with Gasteiger partial charge in [-0.05, 0) is 86.0 Å². The number of H-pyrrole nitrogens is 1. The Balaban J connectivity index is 1.90. The predicted molar refractivity (Wildman–Crippen MR) is 141 cm³/mol. The number of anilines is 1. The van der Waals surface area contributed by atoms with Crippen LogP contribution in [0.15, 0.2) is 47.3 Å². The highest BCUT2D eigenvalue weighted by atomic mass is 32.1. The highest BCUT2D eigenvalue weighted by molar-refractivity contribution is 7.80. The number of aromatic amines is 1. The number of methoxy groups -OCH3 is 1. The zero-order valence-electron chi connectivity index (χ0n) is 20.2. The topological polar surface area (TPSA) is 60.6 Å². The summed E-state index contributed by atoms with van der Waals surface area (Å²) in [5.74, 6) is 0.720. The molecule has 0 saturated carbocycles. The molecule has 1 heterocycles. The van der Waals surface area contributed by atoms with Gasteiger partial charge in [0, 0.05) is 24.2 Å². The smallest absolute Gasteiger partial charge is 0.253 e. The third-order valence-corrected chi connectivity index (χ3v) is 6.47. The average molecular weight is 467 g/mol. The number of benzene rings is 2. The lowest BCUT2D eigenvalue weighted by atomic mass is 10.0. The van der Waals surface area contributed by atoms with Crippen LogP contribution in [0, 0.1) is 13.8 Å². The molecule has 0 saturated heterocycles. The summed E-state index contributed by atoms with van der Waals surface area (Å²) in [7, 11) is 1.64. The first-order valence-corrected chi connectivity index (χ1v) is 11.8. The number of hydrogen-bond donors (Lipinski definition) is 2. The molecule has 0 aliphatic rings. The van der Waals surface area contributed by atoms with Crippen molar-refractivity contribution in [3.8, 4) is 5.75 Å². The number of ether oxygens (including phenoxy) is 1. The van der Waals surface area contributed by atoms with Gasteiger partial charge in [0.1, 0.15) is 5.75 Å². The third kappa shape index (κ3) is 6.12. The summed E-state index contributed by atoms with van der Waals surface area (Å²) >= 11 is 5.79. The zero-order valence-corrected chi connectivity index (χ0v) is 21.0. The molecule has 7 heteroatoms. The molecule has 0 radical (unpaired) electrons. The summed E-state index contributed by atoms with van der Waals surface area (Å²) in [6.07, 6.45) is 0. The van der Waals surface area contributed by atoms with E-state index in [-0.39, 0.29) is 5.56 Å². The number of fused-ring (bicyclic) bond motifs is 1. The van der Waals surface area contributed by atoms with Gasteiger partial charge >= 0.3 is 0 Å². The van der Waals surface area contributed by atoms with Crippen LogP contribution in [0.3, 0.4) is 0 Å². The van der Waals surface area contributed by atoms with Crippen molar-refractivity contribution in [2.75, 3.05) is 38.6 Å². The minimum atomic E-state index is -0.0846. The van der Waals surface area contributed by atoms with E-state index in [1.807, 2.05) is 36.4 Å². The minimum absolute atomic E-state index is 0.0846. The van der Waals surface area contributed by atoms with E-state index in [9.17, 15) is 4.79 Å². The molecule has 0 fully saturated rings. The first-order valence-electron chi connectivity index (χ1n) is 11.4. The number of aromatic nitrogens is 1. The van der Waals surface area contributed by atoms with Crippen LogP contribution < -0.4 is 15.6 Å². The molecule has 0 aliphatic heterocycles. The molecule has 176 valence electrons. The average Bonchev–Trinajstić information content (AvgIpc) is 2.80. The second-order valence-corrected chi connectivity index (χ2v) is 8.61. The van der Waals surface area contributed by atoms with Crippen LogP contribution >= 0.6 is 12.2 Å². The van der Waals surface area contributed by atoms with Crippen LogP contribution in [0.1, 0.15) is 30.5 Å². The Hall–Kier alpha value is -2.90. The van der Waals surface area contributed by atoms with Crippen molar-refractivity contribution in [3.05, 3.63) is 69.5 Å². The molecule has 0 aliphatic carbocycles. The molecular weight excluding hydrogens is 432 g/mol. The fourth-order valence-corrected chi connectivity index (χ4v) is 4.11. The molecular formula is C26H34N4O2S. The van der Waals surface area contributed by atoms with Crippen LogP contribution in [-0.2, 0) is 6.54 Å². The predicted octanol–water partition coefficient (Wildman–Crippen LogP) is 4.69. The van der Waals surface area contributed by atoms with Gasteiger partial charge < -0.3 is 24.8 Å². The SMILES string of the molecule is CCN(CC)CCN(Cc1cc2cc(C)c(C)cc2[nH]c1=O)C(=S)Nc1ccccc1OC. The van der Waals surface area contributed by atoms with E-state index >= 15 is 0 Å². The number of hydrogen-bond acceptors (Lipinski definition) is 4. The Morgan fingerprint density at radius 3 is 2.45 bits per heavy atom. The van der Waals surface area contributed by atoms with Gasteiger partial charge in [-0.2, -0.15) is 0 Å². The van der Waals surface area contributed by atoms with Gasteiger partial charge in [0.05, 0.1) is 19.3 Å². The maximum absolute atomic E-state index is 12.9. The van der Waals surface area contributed by atoms with Gasteiger partial charge in [-0.25, -0.2) is 0 Å². The molecule has 1 aromatic heterocycles. The zero-order chi connectivity index (χ0) is 24.0. The monoisotopic (exact) mass is 466 g/mol. The molecule has 0 bridgehead atoms. The molecule has 0 atom stereocenters. The molecule has 2 aromatic carbocycles. The van der Waals surface area contributed by atoms with E-state index in [0.29, 0.717) is 23.8 Å². The summed E-state index contributed by atoms with van der Waals surface area (Å²) in [6, 6.07) is 13.8. The van der Waals surface area contributed by atoms with Gasteiger partial charge in [0.2, 0.25) is 0 Å². The number of thiocarbonyl (C=S) groups is 1.